The molecule has 1 amide bonds. The van der Waals surface area contributed by atoms with Crippen molar-refractivity contribution in [1.29, 1.82) is 0 Å². The van der Waals surface area contributed by atoms with Gasteiger partial charge in [-0.15, -0.1) is 11.3 Å². The molecule has 1 aromatic rings. The monoisotopic (exact) mass is 247 g/mol. The zero-order valence-electron chi connectivity index (χ0n) is 10.0. The Balaban J connectivity index is 2.07. The first-order chi connectivity index (χ1) is 8.33. The Labute approximate surface area is 106 Å². The lowest BCUT2D eigenvalue weighted by atomic mass is 10.2. The summed E-state index contributed by atoms with van der Waals surface area (Å²) in [6, 6.07) is 4.46. The van der Waals surface area contributed by atoms with Crippen molar-refractivity contribution in [3.8, 4) is 0 Å². The molecule has 0 saturated carbocycles. The predicted molar refractivity (Wildman–Crippen MR) is 72.0 cm³/mol. The first-order valence-electron chi connectivity index (χ1n) is 5.96. The highest BCUT2D eigenvalue weighted by atomic mass is 32.1. The van der Waals surface area contributed by atoms with E-state index in [2.05, 4.69) is 17.5 Å². The third kappa shape index (κ3) is 2.86. The van der Waals surface area contributed by atoms with Crippen LogP contribution in [-0.2, 0) is 4.79 Å². The van der Waals surface area contributed by atoms with Gasteiger partial charge in [0.1, 0.15) is 0 Å². The average molecular weight is 247 g/mol. The Morgan fingerprint density at radius 1 is 1.53 bits per heavy atom. The predicted octanol–water partition coefficient (Wildman–Crippen LogP) is 3.54. The van der Waals surface area contributed by atoms with Gasteiger partial charge in [0, 0.05) is 17.5 Å². The summed E-state index contributed by atoms with van der Waals surface area (Å²) < 4.78 is 0. The highest BCUT2D eigenvalue weighted by Gasteiger charge is 2.29. The molecule has 2 rings (SSSR count). The summed E-state index contributed by atoms with van der Waals surface area (Å²) in [5.41, 5.74) is 0. The minimum Gasteiger partial charge on any atom is -0.331 e. The molecule has 1 aliphatic heterocycles. The second-order valence-electron chi connectivity index (χ2n) is 4.09. The number of amides is 1. The molecular formula is C14H17NOS. The first-order valence-corrected chi connectivity index (χ1v) is 6.84. The maximum Gasteiger partial charge on any atom is 0.247 e. The molecule has 0 radical (unpaired) electrons. The number of thiophene rings is 1. The number of hydrogen-bond acceptors (Lipinski definition) is 2. The van der Waals surface area contributed by atoms with Gasteiger partial charge in [-0.2, -0.15) is 0 Å². The zero-order chi connectivity index (χ0) is 12.1. The van der Waals surface area contributed by atoms with Gasteiger partial charge in [0.2, 0.25) is 5.91 Å². The normalized spacial score (nSPS) is 20.8. The SMILES string of the molecule is CC=CC=CC(=O)N1CCCC1c1cccs1. The van der Waals surface area contributed by atoms with Gasteiger partial charge in [0.05, 0.1) is 6.04 Å². The lowest BCUT2D eigenvalue weighted by Crippen LogP contribution is -2.28. The summed E-state index contributed by atoms with van der Waals surface area (Å²) in [4.78, 5) is 15.3. The van der Waals surface area contributed by atoms with Crippen LogP contribution < -0.4 is 0 Å². The number of carbonyl (C=O) groups is 1. The third-order valence-corrected chi connectivity index (χ3v) is 3.92. The molecule has 1 fully saturated rings. The van der Waals surface area contributed by atoms with Crippen LogP contribution in [0.15, 0.2) is 41.8 Å². The van der Waals surface area contributed by atoms with Crippen molar-refractivity contribution in [2.45, 2.75) is 25.8 Å². The zero-order valence-corrected chi connectivity index (χ0v) is 10.8. The highest BCUT2D eigenvalue weighted by molar-refractivity contribution is 7.10. The van der Waals surface area contributed by atoms with E-state index in [-0.39, 0.29) is 11.9 Å². The van der Waals surface area contributed by atoms with E-state index in [0.29, 0.717) is 0 Å². The second-order valence-corrected chi connectivity index (χ2v) is 5.07. The number of hydrogen-bond donors (Lipinski definition) is 0. The summed E-state index contributed by atoms with van der Waals surface area (Å²) in [6.07, 6.45) is 9.46. The van der Waals surface area contributed by atoms with Crippen LogP contribution in [0.5, 0.6) is 0 Å². The molecule has 0 aliphatic carbocycles. The Bertz CT molecular complexity index is 419. The van der Waals surface area contributed by atoms with E-state index in [1.807, 2.05) is 30.1 Å². The molecule has 1 unspecified atom stereocenters. The minimum absolute atomic E-state index is 0.124. The molecule has 0 aromatic carbocycles. The number of rotatable bonds is 3. The maximum absolute atomic E-state index is 12.0. The molecule has 17 heavy (non-hydrogen) atoms. The molecule has 1 saturated heterocycles. The van der Waals surface area contributed by atoms with Crippen molar-refractivity contribution in [2.24, 2.45) is 0 Å². The van der Waals surface area contributed by atoms with Gasteiger partial charge in [0.25, 0.3) is 0 Å². The van der Waals surface area contributed by atoms with Crippen molar-refractivity contribution >= 4 is 17.2 Å². The van der Waals surface area contributed by atoms with Gasteiger partial charge in [-0.1, -0.05) is 24.3 Å². The van der Waals surface area contributed by atoms with Crippen molar-refractivity contribution < 1.29 is 4.79 Å². The largest absolute Gasteiger partial charge is 0.331 e. The molecule has 2 nitrogen and oxygen atoms in total. The second kappa shape index (κ2) is 5.82. The molecule has 90 valence electrons. The fourth-order valence-electron chi connectivity index (χ4n) is 2.15. The van der Waals surface area contributed by atoms with E-state index >= 15 is 0 Å². The molecule has 2 heterocycles. The van der Waals surface area contributed by atoms with Gasteiger partial charge < -0.3 is 4.90 Å². The van der Waals surface area contributed by atoms with Crippen LogP contribution in [0.4, 0.5) is 0 Å². The van der Waals surface area contributed by atoms with E-state index in [9.17, 15) is 4.79 Å². The van der Waals surface area contributed by atoms with Crippen LogP contribution in [-0.4, -0.2) is 17.4 Å². The van der Waals surface area contributed by atoms with Gasteiger partial charge in [-0.3, -0.25) is 4.79 Å². The van der Waals surface area contributed by atoms with Gasteiger partial charge in [0.15, 0.2) is 0 Å². The summed E-state index contributed by atoms with van der Waals surface area (Å²) >= 11 is 1.74. The van der Waals surface area contributed by atoms with Gasteiger partial charge >= 0.3 is 0 Å². The third-order valence-electron chi connectivity index (χ3n) is 2.95. The maximum atomic E-state index is 12.0. The number of nitrogens with zero attached hydrogens (tertiary/aromatic N) is 1. The molecule has 3 heteroatoms. The lowest BCUT2D eigenvalue weighted by molar-refractivity contribution is -0.126. The van der Waals surface area contributed by atoms with Crippen molar-refractivity contribution in [3.63, 3.8) is 0 Å². The number of likely N-dealkylation sites (tertiary alicyclic amines) is 1. The van der Waals surface area contributed by atoms with Crippen LogP contribution in [0.3, 0.4) is 0 Å². The molecular weight excluding hydrogens is 230 g/mol. The Kier molecular flexibility index (Phi) is 4.15. The summed E-state index contributed by atoms with van der Waals surface area (Å²) in [7, 11) is 0. The van der Waals surface area contributed by atoms with Gasteiger partial charge in [-0.25, -0.2) is 0 Å². The van der Waals surface area contributed by atoms with E-state index in [0.717, 1.165) is 19.4 Å². The molecule has 0 bridgehead atoms. The molecule has 1 aromatic heterocycles. The van der Waals surface area contributed by atoms with Gasteiger partial charge in [-0.05, 0) is 31.2 Å². The molecule has 0 N–H and O–H groups in total. The quantitative estimate of drug-likeness (QED) is 0.591. The Morgan fingerprint density at radius 3 is 3.12 bits per heavy atom. The fraction of sp³-hybridized carbons (Fsp3) is 0.357. The fourth-order valence-corrected chi connectivity index (χ4v) is 3.03. The van der Waals surface area contributed by atoms with Crippen LogP contribution in [0.1, 0.15) is 30.7 Å². The topological polar surface area (TPSA) is 20.3 Å². The standard InChI is InChI=1S/C14H17NOS/c1-2-3-4-9-14(16)15-10-5-7-12(15)13-8-6-11-17-13/h2-4,6,8-9,11-12H,5,7,10H2,1H3. The Hall–Kier alpha value is -1.35. The van der Waals surface area contributed by atoms with E-state index < -0.39 is 0 Å². The molecule has 1 atom stereocenters. The molecule has 0 spiro atoms. The summed E-state index contributed by atoms with van der Waals surface area (Å²) in [5, 5.41) is 2.08. The van der Waals surface area contributed by atoms with Crippen molar-refractivity contribution in [1.82, 2.24) is 4.90 Å². The lowest BCUT2D eigenvalue weighted by Gasteiger charge is -2.22. The van der Waals surface area contributed by atoms with E-state index in [4.69, 9.17) is 0 Å². The van der Waals surface area contributed by atoms with Crippen molar-refractivity contribution in [3.05, 3.63) is 46.7 Å². The van der Waals surface area contributed by atoms with Crippen molar-refractivity contribution in [2.75, 3.05) is 6.54 Å². The molecule has 1 aliphatic rings. The highest BCUT2D eigenvalue weighted by Crippen LogP contribution is 2.34. The van der Waals surface area contributed by atoms with Crippen LogP contribution in [0.2, 0.25) is 0 Å². The number of carbonyl (C=O) groups excluding carboxylic acids is 1. The summed E-state index contributed by atoms with van der Waals surface area (Å²) in [6.45, 7) is 2.82. The number of allylic oxidation sites excluding steroid dienone is 3. The summed E-state index contributed by atoms with van der Waals surface area (Å²) in [5.74, 6) is 0.124. The van der Waals surface area contributed by atoms with E-state index in [1.165, 1.54) is 4.88 Å². The van der Waals surface area contributed by atoms with Crippen LogP contribution in [0.25, 0.3) is 0 Å². The smallest absolute Gasteiger partial charge is 0.247 e. The average Bonchev–Trinajstić information content (AvgIpc) is 2.99. The Morgan fingerprint density at radius 2 is 2.41 bits per heavy atom. The van der Waals surface area contributed by atoms with E-state index in [1.54, 1.807) is 17.4 Å². The van der Waals surface area contributed by atoms with Crippen LogP contribution >= 0.6 is 11.3 Å². The van der Waals surface area contributed by atoms with Crippen LogP contribution in [0, 0.1) is 0 Å². The minimum atomic E-state index is 0.124. The first kappa shape index (κ1) is 12.1.